The molecule has 0 aromatic carbocycles. The van der Waals surface area contributed by atoms with E-state index in [-0.39, 0.29) is 17.7 Å². The second-order valence-electron chi connectivity index (χ2n) is 7.79. The van der Waals surface area contributed by atoms with Crippen molar-refractivity contribution in [3.05, 3.63) is 12.3 Å². The van der Waals surface area contributed by atoms with Crippen molar-refractivity contribution >= 4 is 17.6 Å². The Morgan fingerprint density at radius 1 is 1.32 bits per heavy atom. The Bertz CT molecular complexity index is 556. The molecule has 1 fully saturated rings. The highest BCUT2D eigenvalue weighted by Crippen LogP contribution is 2.18. The fraction of sp³-hybridized carbons (Fsp3) is 0.722. The summed E-state index contributed by atoms with van der Waals surface area (Å²) in [6, 6.07) is 1.15. The molecule has 2 atom stereocenters. The number of nitrogens with one attached hydrogen (secondary N) is 3. The zero-order chi connectivity index (χ0) is 18.4. The lowest BCUT2D eigenvalue weighted by molar-refractivity contribution is -0.129. The summed E-state index contributed by atoms with van der Waals surface area (Å²) in [5.74, 6) is 1.18. The molecule has 1 aromatic rings. The average molecular weight is 349 g/mol. The van der Waals surface area contributed by atoms with E-state index in [1.807, 2.05) is 13.8 Å². The topological polar surface area (TPSA) is 90.1 Å². The molecule has 0 unspecified atom stereocenters. The maximum Gasteiger partial charge on any atom is 0.248 e. The molecular formula is C18H31N5O2. The number of carbonyl (C=O) groups excluding carboxylic acids is 2. The van der Waals surface area contributed by atoms with Gasteiger partial charge in [-0.05, 0) is 31.2 Å². The number of hydrogen-bond acceptors (Lipinski definition) is 4. The van der Waals surface area contributed by atoms with Crippen LogP contribution in [-0.2, 0) is 9.59 Å². The Hall–Kier alpha value is -1.89. The van der Waals surface area contributed by atoms with Crippen molar-refractivity contribution in [2.24, 2.45) is 17.8 Å². The van der Waals surface area contributed by atoms with Gasteiger partial charge in [0.1, 0.15) is 11.9 Å². The Morgan fingerprint density at radius 3 is 2.68 bits per heavy atom. The standard InChI is InChI=1S/C18H31N5O2/c1-12(2)9-15(18(25)21-16-5-7-19-22-16)20-17(24)14-6-8-23(11-14)10-13(3)4/h5,7,12-15H,6,8-11H2,1-4H3,(H,20,24)(H2,19,21,22,25)/t14-,15-/m1/s1. The predicted octanol–water partition coefficient (Wildman–Crippen LogP) is 1.86. The minimum atomic E-state index is -0.532. The molecule has 0 spiro atoms. The van der Waals surface area contributed by atoms with Crippen LogP contribution in [0.3, 0.4) is 0 Å². The van der Waals surface area contributed by atoms with Crippen LogP contribution in [0, 0.1) is 17.8 Å². The monoisotopic (exact) mass is 349 g/mol. The molecular weight excluding hydrogens is 318 g/mol. The Kier molecular flexibility index (Phi) is 6.99. The zero-order valence-corrected chi connectivity index (χ0v) is 15.7. The fourth-order valence-corrected chi connectivity index (χ4v) is 3.27. The van der Waals surface area contributed by atoms with E-state index in [9.17, 15) is 9.59 Å². The van der Waals surface area contributed by atoms with Gasteiger partial charge >= 0.3 is 0 Å². The first-order valence-electron chi connectivity index (χ1n) is 9.18. The lowest BCUT2D eigenvalue weighted by atomic mass is 10.0. The first-order chi connectivity index (χ1) is 11.8. The largest absolute Gasteiger partial charge is 0.344 e. The maximum atomic E-state index is 12.6. The average Bonchev–Trinajstić information content (AvgIpc) is 3.17. The van der Waals surface area contributed by atoms with Gasteiger partial charge in [0.15, 0.2) is 0 Å². The highest BCUT2D eigenvalue weighted by atomic mass is 16.2. The van der Waals surface area contributed by atoms with Crippen LogP contribution in [-0.4, -0.2) is 52.6 Å². The predicted molar refractivity (Wildman–Crippen MR) is 98.0 cm³/mol. The molecule has 7 heteroatoms. The molecule has 2 rings (SSSR count). The minimum absolute atomic E-state index is 0.0170. The number of amides is 2. The van der Waals surface area contributed by atoms with Gasteiger partial charge in [0.25, 0.3) is 0 Å². The number of anilines is 1. The summed E-state index contributed by atoms with van der Waals surface area (Å²) >= 11 is 0. The molecule has 140 valence electrons. The molecule has 2 heterocycles. The SMILES string of the molecule is CC(C)C[C@@H](NC(=O)[C@@H]1CCN(CC(C)C)C1)C(=O)Nc1ccn[nH]1. The van der Waals surface area contributed by atoms with E-state index in [0.29, 0.717) is 24.1 Å². The summed E-state index contributed by atoms with van der Waals surface area (Å²) < 4.78 is 0. The van der Waals surface area contributed by atoms with Gasteiger partial charge in [0, 0.05) is 19.2 Å². The molecule has 25 heavy (non-hydrogen) atoms. The van der Waals surface area contributed by atoms with Gasteiger partial charge in [-0.3, -0.25) is 14.7 Å². The van der Waals surface area contributed by atoms with Gasteiger partial charge in [-0.15, -0.1) is 0 Å². The summed E-state index contributed by atoms with van der Waals surface area (Å²) in [6.07, 6.45) is 3.04. The molecule has 7 nitrogen and oxygen atoms in total. The van der Waals surface area contributed by atoms with Gasteiger partial charge in [-0.25, -0.2) is 0 Å². The number of nitrogens with zero attached hydrogens (tertiary/aromatic N) is 2. The summed E-state index contributed by atoms with van der Waals surface area (Å²) in [7, 11) is 0. The van der Waals surface area contributed by atoms with Crippen LogP contribution in [0.5, 0.6) is 0 Å². The van der Waals surface area contributed by atoms with Crippen LogP contribution in [0.15, 0.2) is 12.3 Å². The third kappa shape index (κ3) is 6.16. The number of aromatic nitrogens is 2. The fourth-order valence-electron chi connectivity index (χ4n) is 3.27. The summed E-state index contributed by atoms with van der Waals surface area (Å²) in [5, 5.41) is 12.3. The molecule has 1 aromatic heterocycles. The molecule has 1 saturated heterocycles. The van der Waals surface area contributed by atoms with E-state index >= 15 is 0 Å². The van der Waals surface area contributed by atoms with E-state index in [1.54, 1.807) is 12.3 Å². The lowest BCUT2D eigenvalue weighted by Crippen LogP contribution is -2.47. The van der Waals surface area contributed by atoms with Crippen molar-refractivity contribution in [1.29, 1.82) is 0 Å². The first-order valence-corrected chi connectivity index (χ1v) is 9.18. The lowest BCUT2D eigenvalue weighted by Gasteiger charge is -2.22. The molecule has 0 radical (unpaired) electrons. The van der Waals surface area contributed by atoms with Gasteiger partial charge in [-0.2, -0.15) is 5.10 Å². The van der Waals surface area contributed by atoms with Gasteiger partial charge < -0.3 is 15.5 Å². The second-order valence-corrected chi connectivity index (χ2v) is 7.79. The van der Waals surface area contributed by atoms with E-state index < -0.39 is 6.04 Å². The second kappa shape index (κ2) is 8.99. The zero-order valence-electron chi connectivity index (χ0n) is 15.7. The van der Waals surface area contributed by atoms with Crippen LogP contribution in [0.4, 0.5) is 5.82 Å². The Labute approximate surface area is 149 Å². The van der Waals surface area contributed by atoms with Gasteiger partial charge in [0.2, 0.25) is 11.8 Å². The number of hydrogen-bond donors (Lipinski definition) is 3. The van der Waals surface area contributed by atoms with E-state index in [0.717, 1.165) is 26.1 Å². The van der Waals surface area contributed by atoms with E-state index in [2.05, 4.69) is 39.6 Å². The van der Waals surface area contributed by atoms with Crippen molar-refractivity contribution in [3.8, 4) is 0 Å². The van der Waals surface area contributed by atoms with Crippen LogP contribution in [0.25, 0.3) is 0 Å². The first kappa shape index (κ1) is 19.4. The van der Waals surface area contributed by atoms with E-state index in [1.165, 1.54) is 0 Å². The molecule has 3 N–H and O–H groups in total. The summed E-state index contributed by atoms with van der Waals surface area (Å²) in [5.41, 5.74) is 0. The van der Waals surface area contributed by atoms with Gasteiger partial charge in [-0.1, -0.05) is 27.7 Å². The third-order valence-electron chi connectivity index (χ3n) is 4.37. The summed E-state index contributed by atoms with van der Waals surface area (Å²) in [4.78, 5) is 27.5. The van der Waals surface area contributed by atoms with Gasteiger partial charge in [0.05, 0.1) is 12.1 Å². The Balaban J connectivity index is 1.92. The molecule has 0 bridgehead atoms. The summed E-state index contributed by atoms with van der Waals surface area (Å²) in [6.45, 7) is 11.2. The number of rotatable bonds is 8. The third-order valence-corrected chi connectivity index (χ3v) is 4.37. The quantitative estimate of drug-likeness (QED) is 0.668. The van der Waals surface area contributed by atoms with E-state index in [4.69, 9.17) is 0 Å². The molecule has 0 aliphatic carbocycles. The number of carbonyl (C=O) groups is 2. The molecule has 0 saturated carbocycles. The van der Waals surface area contributed by atoms with Crippen molar-refractivity contribution in [3.63, 3.8) is 0 Å². The van der Waals surface area contributed by atoms with Crippen molar-refractivity contribution in [2.75, 3.05) is 25.0 Å². The maximum absolute atomic E-state index is 12.6. The highest BCUT2D eigenvalue weighted by Gasteiger charge is 2.31. The number of aromatic amines is 1. The molecule has 2 amide bonds. The van der Waals surface area contributed by atoms with Crippen LogP contribution < -0.4 is 10.6 Å². The molecule has 1 aliphatic heterocycles. The van der Waals surface area contributed by atoms with Crippen LogP contribution >= 0.6 is 0 Å². The van der Waals surface area contributed by atoms with Crippen molar-refractivity contribution in [2.45, 2.75) is 46.6 Å². The number of likely N-dealkylation sites (tertiary alicyclic amines) is 1. The van der Waals surface area contributed by atoms with Crippen LogP contribution in [0.2, 0.25) is 0 Å². The number of H-pyrrole nitrogens is 1. The smallest absolute Gasteiger partial charge is 0.248 e. The normalized spacial score (nSPS) is 19.4. The highest BCUT2D eigenvalue weighted by molar-refractivity contribution is 5.96. The minimum Gasteiger partial charge on any atom is -0.344 e. The van der Waals surface area contributed by atoms with Crippen molar-refractivity contribution < 1.29 is 9.59 Å². The van der Waals surface area contributed by atoms with Crippen molar-refractivity contribution in [1.82, 2.24) is 20.4 Å². The van der Waals surface area contributed by atoms with Crippen LogP contribution in [0.1, 0.15) is 40.5 Å². The molecule has 1 aliphatic rings. The Morgan fingerprint density at radius 2 is 2.08 bits per heavy atom.